The second-order valence-electron chi connectivity index (χ2n) is 4.19. The number of thiophene rings is 1. The predicted octanol–water partition coefficient (Wildman–Crippen LogP) is 3.21. The third kappa shape index (κ3) is 4.24. The van der Waals surface area contributed by atoms with Crippen LogP contribution < -0.4 is 4.72 Å². The lowest BCUT2D eigenvalue weighted by Gasteiger charge is -2.16. The number of rotatable bonds is 6. The average Bonchev–Trinajstić information content (AvgIpc) is 2.87. The van der Waals surface area contributed by atoms with Crippen LogP contribution in [0, 0.1) is 5.82 Å². The zero-order chi connectivity index (χ0) is 15.5. The van der Waals surface area contributed by atoms with Crippen LogP contribution in [0.2, 0.25) is 4.34 Å². The molecular weight excluding hydrogens is 337 g/mol. The molecule has 8 heteroatoms. The molecule has 0 fully saturated rings. The second kappa shape index (κ2) is 6.85. The molecule has 1 N–H and O–H groups in total. The van der Waals surface area contributed by atoms with E-state index in [1.807, 2.05) is 0 Å². The summed E-state index contributed by atoms with van der Waals surface area (Å²) < 4.78 is 45.5. The molecule has 0 amide bonds. The minimum Gasteiger partial charge on any atom is -0.375 e. The first kappa shape index (κ1) is 16.4. The molecule has 2 aromatic rings. The maximum atomic E-state index is 13.2. The van der Waals surface area contributed by atoms with Crippen LogP contribution in [0.15, 0.2) is 40.6 Å². The van der Waals surface area contributed by atoms with E-state index in [-0.39, 0.29) is 10.8 Å². The number of ether oxygens (including phenoxy) is 1. The van der Waals surface area contributed by atoms with Crippen molar-refractivity contribution in [3.8, 4) is 0 Å². The molecule has 0 radical (unpaired) electrons. The quantitative estimate of drug-likeness (QED) is 0.871. The first-order valence-electron chi connectivity index (χ1n) is 5.95. The molecule has 4 nitrogen and oxygen atoms in total. The van der Waals surface area contributed by atoms with E-state index in [4.69, 9.17) is 16.3 Å². The van der Waals surface area contributed by atoms with Gasteiger partial charge in [-0.1, -0.05) is 23.7 Å². The van der Waals surface area contributed by atoms with E-state index >= 15 is 0 Å². The lowest BCUT2D eigenvalue weighted by molar-refractivity contribution is 0.107. The van der Waals surface area contributed by atoms with Gasteiger partial charge in [0.1, 0.15) is 10.0 Å². The van der Waals surface area contributed by atoms with Crippen molar-refractivity contribution in [2.45, 2.75) is 10.3 Å². The van der Waals surface area contributed by atoms with Gasteiger partial charge in [-0.05, 0) is 29.8 Å². The first-order valence-corrected chi connectivity index (χ1v) is 8.63. The number of sulfonamides is 1. The summed E-state index contributed by atoms with van der Waals surface area (Å²) in [6.45, 7) is -0.00218. The maximum Gasteiger partial charge on any atom is 0.250 e. The van der Waals surface area contributed by atoms with Crippen LogP contribution in [0.4, 0.5) is 4.39 Å². The van der Waals surface area contributed by atoms with E-state index in [1.54, 1.807) is 12.1 Å². The summed E-state index contributed by atoms with van der Waals surface area (Å²) in [5.74, 6) is -0.401. The van der Waals surface area contributed by atoms with Gasteiger partial charge in [-0.25, -0.2) is 17.5 Å². The molecule has 1 aromatic carbocycles. The van der Waals surface area contributed by atoms with E-state index in [2.05, 4.69) is 4.72 Å². The Kier molecular flexibility index (Phi) is 5.34. The highest BCUT2D eigenvalue weighted by molar-refractivity contribution is 7.91. The Morgan fingerprint density at radius 2 is 2.14 bits per heavy atom. The number of halogens is 2. The van der Waals surface area contributed by atoms with Gasteiger partial charge in [0.25, 0.3) is 0 Å². The molecule has 0 spiro atoms. The van der Waals surface area contributed by atoms with Crippen molar-refractivity contribution >= 4 is 33.0 Å². The Labute approximate surface area is 131 Å². The fourth-order valence-electron chi connectivity index (χ4n) is 1.74. The normalized spacial score (nSPS) is 13.3. The standard InChI is InChI=1S/C13H13ClFNO3S2/c1-19-11(9-3-2-4-10(15)7-9)8-16-21(17,18)13-6-5-12(14)20-13/h2-7,11,16H,8H2,1H3. The number of benzene rings is 1. The fourth-order valence-corrected chi connectivity index (χ4v) is 4.30. The highest BCUT2D eigenvalue weighted by atomic mass is 35.5. The molecule has 1 atom stereocenters. The molecule has 1 heterocycles. The molecule has 0 bridgehead atoms. The lowest BCUT2D eigenvalue weighted by Crippen LogP contribution is -2.28. The van der Waals surface area contributed by atoms with Gasteiger partial charge in [0.2, 0.25) is 10.0 Å². The first-order chi connectivity index (χ1) is 9.92. The Hall–Kier alpha value is -0.990. The summed E-state index contributed by atoms with van der Waals surface area (Å²) in [6, 6.07) is 8.79. The van der Waals surface area contributed by atoms with Crippen molar-refractivity contribution in [2.75, 3.05) is 13.7 Å². The zero-order valence-electron chi connectivity index (χ0n) is 11.0. The van der Waals surface area contributed by atoms with Crippen molar-refractivity contribution < 1.29 is 17.5 Å². The van der Waals surface area contributed by atoms with Crippen molar-refractivity contribution in [3.63, 3.8) is 0 Å². The highest BCUT2D eigenvalue weighted by Gasteiger charge is 2.19. The highest BCUT2D eigenvalue weighted by Crippen LogP contribution is 2.26. The smallest absolute Gasteiger partial charge is 0.250 e. The zero-order valence-corrected chi connectivity index (χ0v) is 13.4. The third-order valence-corrected chi connectivity index (χ3v) is 5.92. The van der Waals surface area contributed by atoms with Gasteiger partial charge < -0.3 is 4.74 Å². The Morgan fingerprint density at radius 1 is 1.38 bits per heavy atom. The van der Waals surface area contributed by atoms with Crippen molar-refractivity contribution in [1.29, 1.82) is 0 Å². The van der Waals surface area contributed by atoms with Crippen LogP contribution in [0.5, 0.6) is 0 Å². The molecule has 114 valence electrons. The van der Waals surface area contributed by atoms with Gasteiger partial charge in [-0.2, -0.15) is 0 Å². The van der Waals surface area contributed by atoms with E-state index in [0.717, 1.165) is 11.3 Å². The summed E-state index contributed by atoms with van der Waals surface area (Å²) in [6.07, 6.45) is -0.578. The Balaban J connectivity index is 2.10. The minimum atomic E-state index is -3.65. The largest absolute Gasteiger partial charge is 0.375 e. The summed E-state index contributed by atoms with van der Waals surface area (Å²) in [7, 11) is -2.22. The van der Waals surface area contributed by atoms with E-state index in [0.29, 0.717) is 9.90 Å². The lowest BCUT2D eigenvalue weighted by atomic mass is 10.1. The predicted molar refractivity (Wildman–Crippen MR) is 80.7 cm³/mol. The monoisotopic (exact) mass is 349 g/mol. The summed E-state index contributed by atoms with van der Waals surface area (Å²) >= 11 is 6.70. The van der Waals surface area contributed by atoms with Crippen LogP contribution in [0.25, 0.3) is 0 Å². The molecular formula is C13H13ClFNO3S2. The number of methoxy groups -OCH3 is 1. The second-order valence-corrected chi connectivity index (χ2v) is 7.90. The van der Waals surface area contributed by atoms with Gasteiger partial charge >= 0.3 is 0 Å². The van der Waals surface area contributed by atoms with Crippen molar-refractivity contribution in [2.24, 2.45) is 0 Å². The molecule has 1 aromatic heterocycles. The summed E-state index contributed by atoms with van der Waals surface area (Å²) in [4.78, 5) is 0. The average molecular weight is 350 g/mol. The molecule has 21 heavy (non-hydrogen) atoms. The van der Waals surface area contributed by atoms with Crippen LogP contribution in [-0.2, 0) is 14.8 Å². The molecule has 0 aliphatic rings. The number of hydrogen-bond acceptors (Lipinski definition) is 4. The van der Waals surface area contributed by atoms with Crippen molar-refractivity contribution in [1.82, 2.24) is 4.72 Å². The van der Waals surface area contributed by atoms with Crippen LogP contribution >= 0.6 is 22.9 Å². The van der Waals surface area contributed by atoms with Gasteiger partial charge in [-0.3, -0.25) is 0 Å². The van der Waals surface area contributed by atoms with Gasteiger partial charge in [0.15, 0.2) is 0 Å². The maximum absolute atomic E-state index is 13.2. The minimum absolute atomic E-state index is 0.00218. The van der Waals surface area contributed by atoms with E-state index < -0.39 is 21.9 Å². The molecule has 1 unspecified atom stereocenters. The molecule has 2 rings (SSSR count). The van der Waals surface area contributed by atoms with Gasteiger partial charge in [0.05, 0.1) is 10.4 Å². The van der Waals surface area contributed by atoms with E-state index in [1.165, 1.54) is 31.4 Å². The fraction of sp³-hybridized carbons (Fsp3) is 0.231. The number of hydrogen-bond donors (Lipinski definition) is 1. The van der Waals surface area contributed by atoms with Crippen LogP contribution in [0.1, 0.15) is 11.7 Å². The third-order valence-electron chi connectivity index (χ3n) is 2.78. The molecule has 0 aliphatic heterocycles. The Bertz CT molecular complexity index is 718. The number of nitrogens with one attached hydrogen (secondary N) is 1. The van der Waals surface area contributed by atoms with Crippen LogP contribution in [0.3, 0.4) is 0 Å². The molecule has 0 saturated carbocycles. The van der Waals surface area contributed by atoms with Crippen molar-refractivity contribution in [3.05, 3.63) is 52.1 Å². The molecule has 0 aliphatic carbocycles. The van der Waals surface area contributed by atoms with Gasteiger partial charge in [-0.15, -0.1) is 11.3 Å². The SMILES string of the molecule is COC(CNS(=O)(=O)c1ccc(Cl)s1)c1cccc(F)c1. The Morgan fingerprint density at radius 3 is 2.71 bits per heavy atom. The van der Waals surface area contributed by atoms with E-state index in [9.17, 15) is 12.8 Å². The van der Waals surface area contributed by atoms with Gasteiger partial charge in [0, 0.05) is 13.7 Å². The molecule has 0 saturated heterocycles. The van der Waals surface area contributed by atoms with Crippen LogP contribution in [-0.4, -0.2) is 22.1 Å². The summed E-state index contributed by atoms with van der Waals surface area (Å²) in [5.41, 5.74) is 0.560. The topological polar surface area (TPSA) is 55.4 Å². The summed E-state index contributed by atoms with van der Waals surface area (Å²) in [5, 5.41) is 0.